The van der Waals surface area contributed by atoms with Gasteiger partial charge in [-0.25, -0.2) is 4.98 Å². The Bertz CT molecular complexity index is 643. The third-order valence-corrected chi connectivity index (χ3v) is 4.70. The number of likely N-dealkylation sites (N-methyl/N-ethyl adjacent to an activating group) is 1. The van der Waals surface area contributed by atoms with Gasteiger partial charge in [-0.05, 0) is 38.9 Å². The minimum Gasteiger partial charge on any atom is -0.459 e. The van der Waals surface area contributed by atoms with Gasteiger partial charge in [0.25, 0.3) is 0 Å². The minimum absolute atomic E-state index is 0.220. The van der Waals surface area contributed by atoms with Gasteiger partial charge in [0, 0.05) is 25.0 Å². The number of rotatable bonds is 5. The molecule has 0 aromatic carbocycles. The lowest BCUT2D eigenvalue weighted by atomic mass is 10.4. The van der Waals surface area contributed by atoms with Crippen LogP contribution in [0.2, 0.25) is 0 Å². The topological polar surface area (TPSA) is 49.6 Å². The fourth-order valence-electron chi connectivity index (χ4n) is 2.67. The average molecular weight is 319 g/mol. The summed E-state index contributed by atoms with van der Waals surface area (Å²) >= 11 is 1.58. The second-order valence-electron chi connectivity index (χ2n) is 5.81. The SMILES string of the molecule is Cc1ccc(-c2nc(CN(C)CC(=O)N3CCCC3)cs2)o1. The summed E-state index contributed by atoms with van der Waals surface area (Å²) in [4.78, 5) is 20.7. The highest BCUT2D eigenvalue weighted by Crippen LogP contribution is 2.25. The van der Waals surface area contributed by atoms with E-state index >= 15 is 0 Å². The van der Waals surface area contributed by atoms with Crippen molar-refractivity contribution in [1.82, 2.24) is 14.8 Å². The summed E-state index contributed by atoms with van der Waals surface area (Å²) < 4.78 is 5.59. The van der Waals surface area contributed by atoms with Gasteiger partial charge in [-0.1, -0.05) is 0 Å². The number of furan rings is 1. The van der Waals surface area contributed by atoms with Crippen LogP contribution in [0.1, 0.15) is 24.3 Å². The fourth-order valence-corrected chi connectivity index (χ4v) is 3.44. The summed E-state index contributed by atoms with van der Waals surface area (Å²) in [5, 5.41) is 2.92. The van der Waals surface area contributed by atoms with Gasteiger partial charge in [0.05, 0.1) is 12.2 Å². The molecule has 118 valence electrons. The van der Waals surface area contributed by atoms with E-state index in [1.54, 1.807) is 11.3 Å². The Morgan fingerprint density at radius 2 is 2.18 bits per heavy atom. The predicted octanol–water partition coefficient (Wildman–Crippen LogP) is 2.77. The summed E-state index contributed by atoms with van der Waals surface area (Å²) in [5.41, 5.74) is 0.978. The van der Waals surface area contributed by atoms with Gasteiger partial charge in [-0.3, -0.25) is 9.69 Å². The van der Waals surface area contributed by atoms with Crippen molar-refractivity contribution in [3.05, 3.63) is 29.0 Å². The van der Waals surface area contributed by atoms with Crippen LogP contribution < -0.4 is 0 Å². The zero-order chi connectivity index (χ0) is 15.5. The van der Waals surface area contributed by atoms with Crippen LogP contribution in [-0.4, -0.2) is 47.4 Å². The molecule has 6 heteroatoms. The maximum Gasteiger partial charge on any atom is 0.236 e. The van der Waals surface area contributed by atoms with E-state index in [-0.39, 0.29) is 5.91 Å². The third-order valence-electron chi connectivity index (χ3n) is 3.80. The predicted molar refractivity (Wildman–Crippen MR) is 86.7 cm³/mol. The molecule has 0 N–H and O–H groups in total. The number of carbonyl (C=O) groups excluding carboxylic acids is 1. The molecule has 1 amide bonds. The highest BCUT2D eigenvalue weighted by molar-refractivity contribution is 7.13. The van der Waals surface area contributed by atoms with Crippen molar-refractivity contribution in [1.29, 1.82) is 0 Å². The summed E-state index contributed by atoms with van der Waals surface area (Å²) in [7, 11) is 1.96. The maximum atomic E-state index is 12.1. The van der Waals surface area contributed by atoms with Gasteiger partial charge in [0.1, 0.15) is 5.76 Å². The first-order valence-corrected chi connectivity index (χ1v) is 8.47. The molecule has 5 nitrogen and oxygen atoms in total. The molecule has 0 spiro atoms. The Morgan fingerprint density at radius 1 is 1.41 bits per heavy atom. The number of thiazole rings is 1. The van der Waals surface area contributed by atoms with Crippen molar-refractivity contribution in [2.45, 2.75) is 26.3 Å². The lowest BCUT2D eigenvalue weighted by Gasteiger charge is -2.20. The van der Waals surface area contributed by atoms with Crippen LogP contribution >= 0.6 is 11.3 Å². The number of hydrogen-bond acceptors (Lipinski definition) is 5. The van der Waals surface area contributed by atoms with Crippen LogP contribution in [0, 0.1) is 6.92 Å². The van der Waals surface area contributed by atoms with Crippen LogP contribution in [0.3, 0.4) is 0 Å². The Kier molecular flexibility index (Phi) is 4.59. The number of aromatic nitrogens is 1. The molecule has 0 aliphatic carbocycles. The Morgan fingerprint density at radius 3 is 2.86 bits per heavy atom. The zero-order valence-corrected chi connectivity index (χ0v) is 13.9. The number of likely N-dealkylation sites (tertiary alicyclic amines) is 1. The first-order valence-electron chi connectivity index (χ1n) is 7.59. The molecule has 1 saturated heterocycles. The first kappa shape index (κ1) is 15.2. The summed E-state index contributed by atoms with van der Waals surface area (Å²) in [6.45, 7) is 4.87. The van der Waals surface area contributed by atoms with E-state index in [4.69, 9.17) is 4.42 Å². The molecule has 3 heterocycles. The van der Waals surface area contributed by atoms with Crippen molar-refractivity contribution in [2.24, 2.45) is 0 Å². The highest BCUT2D eigenvalue weighted by atomic mass is 32.1. The van der Waals surface area contributed by atoms with Crippen LogP contribution in [0.25, 0.3) is 10.8 Å². The second kappa shape index (κ2) is 6.62. The van der Waals surface area contributed by atoms with Crippen molar-refractivity contribution >= 4 is 17.2 Å². The number of carbonyl (C=O) groups is 1. The van der Waals surface area contributed by atoms with E-state index in [9.17, 15) is 4.79 Å². The van der Waals surface area contributed by atoms with E-state index in [2.05, 4.69) is 4.98 Å². The molecule has 0 bridgehead atoms. The number of amides is 1. The molecule has 2 aromatic rings. The fraction of sp³-hybridized carbons (Fsp3) is 0.500. The van der Waals surface area contributed by atoms with Gasteiger partial charge >= 0.3 is 0 Å². The van der Waals surface area contributed by atoms with E-state index in [1.165, 1.54) is 0 Å². The highest BCUT2D eigenvalue weighted by Gasteiger charge is 2.19. The Labute approximate surface area is 134 Å². The van der Waals surface area contributed by atoms with Gasteiger partial charge in [0.15, 0.2) is 10.8 Å². The van der Waals surface area contributed by atoms with Crippen LogP contribution in [-0.2, 0) is 11.3 Å². The Hall–Kier alpha value is -1.66. The van der Waals surface area contributed by atoms with E-state index in [1.807, 2.05) is 41.3 Å². The minimum atomic E-state index is 0.220. The van der Waals surface area contributed by atoms with Crippen LogP contribution in [0.4, 0.5) is 0 Å². The number of nitrogens with zero attached hydrogens (tertiary/aromatic N) is 3. The molecule has 1 aliphatic rings. The second-order valence-corrected chi connectivity index (χ2v) is 6.67. The lowest BCUT2D eigenvalue weighted by molar-refractivity contribution is -0.131. The molecule has 22 heavy (non-hydrogen) atoms. The van der Waals surface area contributed by atoms with Crippen molar-refractivity contribution in [3.63, 3.8) is 0 Å². The van der Waals surface area contributed by atoms with E-state index in [0.717, 1.165) is 48.2 Å². The molecule has 0 unspecified atom stereocenters. The zero-order valence-electron chi connectivity index (χ0n) is 13.0. The molecule has 0 atom stereocenters. The molecule has 1 fully saturated rings. The largest absolute Gasteiger partial charge is 0.459 e. The quantitative estimate of drug-likeness (QED) is 0.850. The lowest BCUT2D eigenvalue weighted by Crippen LogP contribution is -2.37. The van der Waals surface area contributed by atoms with E-state index < -0.39 is 0 Å². The van der Waals surface area contributed by atoms with Gasteiger partial charge < -0.3 is 9.32 Å². The van der Waals surface area contributed by atoms with Crippen LogP contribution in [0.5, 0.6) is 0 Å². The monoisotopic (exact) mass is 319 g/mol. The molecular formula is C16H21N3O2S. The normalized spacial score (nSPS) is 15.0. The average Bonchev–Trinajstić information content (AvgIpc) is 3.18. The molecule has 0 radical (unpaired) electrons. The molecule has 1 aliphatic heterocycles. The van der Waals surface area contributed by atoms with Gasteiger partial charge in [-0.2, -0.15) is 0 Å². The van der Waals surface area contributed by atoms with Crippen molar-refractivity contribution in [2.75, 3.05) is 26.7 Å². The summed E-state index contributed by atoms with van der Waals surface area (Å²) in [5.74, 6) is 1.92. The number of aryl methyl sites for hydroxylation is 1. The molecule has 0 saturated carbocycles. The maximum absolute atomic E-state index is 12.1. The van der Waals surface area contributed by atoms with Gasteiger partial charge in [-0.15, -0.1) is 11.3 Å². The first-order chi connectivity index (χ1) is 10.6. The van der Waals surface area contributed by atoms with Crippen molar-refractivity contribution < 1.29 is 9.21 Å². The van der Waals surface area contributed by atoms with Crippen molar-refractivity contribution in [3.8, 4) is 10.8 Å². The molecule has 2 aromatic heterocycles. The van der Waals surface area contributed by atoms with E-state index in [0.29, 0.717) is 13.1 Å². The smallest absolute Gasteiger partial charge is 0.236 e. The standard InChI is InChI=1S/C16H21N3O2S/c1-12-5-6-14(21-12)16-17-13(11-22-16)9-18(2)10-15(20)19-7-3-4-8-19/h5-6,11H,3-4,7-10H2,1-2H3. The van der Waals surface area contributed by atoms with Gasteiger partial charge in [0.2, 0.25) is 5.91 Å². The third kappa shape index (κ3) is 3.56. The summed E-state index contributed by atoms with van der Waals surface area (Å²) in [6.07, 6.45) is 2.26. The molecule has 3 rings (SSSR count). The Balaban J connectivity index is 1.56. The molecular weight excluding hydrogens is 298 g/mol. The number of hydrogen-bond donors (Lipinski definition) is 0. The van der Waals surface area contributed by atoms with Crippen LogP contribution in [0.15, 0.2) is 21.9 Å². The summed E-state index contributed by atoms with van der Waals surface area (Å²) in [6, 6.07) is 3.88.